The third-order valence-corrected chi connectivity index (χ3v) is 4.62. The Morgan fingerprint density at radius 2 is 1.95 bits per heavy atom. The van der Waals surface area contributed by atoms with Crippen LogP contribution in [-0.2, 0) is 5.41 Å². The van der Waals surface area contributed by atoms with Crippen LogP contribution in [0.4, 0.5) is 10.1 Å². The van der Waals surface area contributed by atoms with E-state index < -0.39 is 0 Å². The summed E-state index contributed by atoms with van der Waals surface area (Å²) in [5.74, 6) is -0.301. The first kappa shape index (κ1) is 14.4. The summed E-state index contributed by atoms with van der Waals surface area (Å²) >= 11 is 5.81. The molecule has 0 heterocycles. The molecule has 1 aliphatic rings. The average Bonchev–Trinajstić information content (AvgIpc) is 2.45. The van der Waals surface area contributed by atoms with Gasteiger partial charge in [0.2, 0.25) is 0 Å². The van der Waals surface area contributed by atoms with Crippen LogP contribution < -0.4 is 5.32 Å². The Kier molecular flexibility index (Phi) is 3.66. The molecule has 2 aromatic rings. The summed E-state index contributed by atoms with van der Waals surface area (Å²) < 4.78 is 14.0. The van der Waals surface area contributed by atoms with Crippen LogP contribution in [0.3, 0.4) is 0 Å². The first-order valence-electron chi connectivity index (χ1n) is 7.28. The molecule has 1 unspecified atom stereocenters. The van der Waals surface area contributed by atoms with Gasteiger partial charge in [0.15, 0.2) is 0 Å². The van der Waals surface area contributed by atoms with Crippen LogP contribution in [0.2, 0.25) is 5.02 Å². The molecule has 0 aliphatic heterocycles. The molecule has 0 spiro atoms. The van der Waals surface area contributed by atoms with Crippen LogP contribution in [0.1, 0.15) is 43.9 Å². The molecular formula is C18H19ClFN. The maximum atomic E-state index is 14.0. The summed E-state index contributed by atoms with van der Waals surface area (Å²) in [4.78, 5) is 0. The van der Waals surface area contributed by atoms with Crippen molar-refractivity contribution in [1.29, 1.82) is 0 Å². The number of fused-ring (bicyclic) bond motifs is 1. The predicted octanol–water partition coefficient (Wildman–Crippen LogP) is 5.70. The Labute approximate surface area is 130 Å². The lowest BCUT2D eigenvalue weighted by atomic mass is 9.71. The number of rotatable bonds is 2. The van der Waals surface area contributed by atoms with Crippen LogP contribution in [-0.4, -0.2) is 0 Å². The maximum absolute atomic E-state index is 14.0. The van der Waals surface area contributed by atoms with Crippen molar-refractivity contribution in [1.82, 2.24) is 0 Å². The fourth-order valence-electron chi connectivity index (χ4n) is 3.16. The Morgan fingerprint density at radius 3 is 2.71 bits per heavy atom. The second-order valence-electron chi connectivity index (χ2n) is 6.33. The van der Waals surface area contributed by atoms with Crippen LogP contribution in [0, 0.1) is 5.82 Å². The number of hydrogen-bond acceptors (Lipinski definition) is 1. The largest absolute Gasteiger partial charge is 0.376 e. The molecule has 110 valence electrons. The molecule has 0 fully saturated rings. The number of hydrogen-bond donors (Lipinski definition) is 1. The summed E-state index contributed by atoms with van der Waals surface area (Å²) in [6.07, 6.45) is 2.07. The van der Waals surface area contributed by atoms with Gasteiger partial charge in [-0.25, -0.2) is 4.39 Å². The van der Waals surface area contributed by atoms with Crippen molar-refractivity contribution in [2.24, 2.45) is 0 Å². The minimum absolute atomic E-state index is 0.143. The van der Waals surface area contributed by atoms with Crippen molar-refractivity contribution < 1.29 is 4.39 Å². The Bertz CT molecular complexity index is 666. The van der Waals surface area contributed by atoms with Crippen LogP contribution in [0.5, 0.6) is 0 Å². The summed E-state index contributed by atoms with van der Waals surface area (Å²) in [6.45, 7) is 4.54. The Hall–Kier alpha value is -1.54. The fourth-order valence-corrected chi connectivity index (χ4v) is 3.32. The number of benzene rings is 2. The van der Waals surface area contributed by atoms with E-state index in [1.807, 2.05) is 6.07 Å². The summed E-state index contributed by atoms with van der Waals surface area (Å²) in [6, 6.07) is 13.4. The first-order chi connectivity index (χ1) is 9.97. The zero-order valence-electron chi connectivity index (χ0n) is 12.3. The van der Waals surface area contributed by atoms with Gasteiger partial charge in [0.25, 0.3) is 0 Å². The highest BCUT2D eigenvalue weighted by atomic mass is 35.5. The van der Waals surface area contributed by atoms with Gasteiger partial charge in [-0.1, -0.05) is 49.7 Å². The molecule has 3 heteroatoms. The van der Waals surface area contributed by atoms with Gasteiger partial charge in [-0.15, -0.1) is 0 Å². The van der Waals surface area contributed by atoms with Gasteiger partial charge in [-0.05, 0) is 47.6 Å². The summed E-state index contributed by atoms with van der Waals surface area (Å²) in [7, 11) is 0. The van der Waals surface area contributed by atoms with Gasteiger partial charge in [0, 0.05) is 5.02 Å². The number of anilines is 1. The van der Waals surface area contributed by atoms with E-state index in [4.69, 9.17) is 11.6 Å². The van der Waals surface area contributed by atoms with Gasteiger partial charge in [0.05, 0.1) is 11.7 Å². The smallest absolute Gasteiger partial charge is 0.147 e. The van der Waals surface area contributed by atoms with Crippen molar-refractivity contribution in [3.8, 4) is 0 Å². The van der Waals surface area contributed by atoms with Gasteiger partial charge in [-0.3, -0.25) is 0 Å². The second kappa shape index (κ2) is 5.34. The van der Waals surface area contributed by atoms with Crippen LogP contribution in [0.25, 0.3) is 0 Å². The summed E-state index contributed by atoms with van der Waals surface area (Å²) in [5, 5.41) is 3.76. The minimum atomic E-state index is -0.301. The lowest BCUT2D eigenvalue weighted by Crippen LogP contribution is -2.29. The predicted molar refractivity (Wildman–Crippen MR) is 86.5 cm³/mol. The van der Waals surface area contributed by atoms with Gasteiger partial charge in [-0.2, -0.15) is 0 Å². The highest BCUT2D eigenvalue weighted by molar-refractivity contribution is 6.30. The van der Waals surface area contributed by atoms with Gasteiger partial charge < -0.3 is 5.32 Å². The SMILES string of the molecule is CC1(C)CCC(Nc2ccc(Cl)cc2F)c2ccccc21. The molecule has 0 saturated heterocycles. The fraction of sp³-hybridized carbons (Fsp3) is 0.333. The van der Waals surface area contributed by atoms with Gasteiger partial charge in [0.1, 0.15) is 5.82 Å². The molecule has 0 bridgehead atoms. The highest BCUT2D eigenvalue weighted by Crippen LogP contribution is 2.42. The minimum Gasteiger partial charge on any atom is -0.376 e. The first-order valence-corrected chi connectivity index (χ1v) is 7.66. The maximum Gasteiger partial charge on any atom is 0.147 e. The molecule has 1 aliphatic carbocycles. The molecule has 1 N–H and O–H groups in total. The molecule has 1 atom stereocenters. The molecule has 0 amide bonds. The molecule has 0 radical (unpaired) electrons. The van der Waals surface area contributed by atoms with Crippen molar-refractivity contribution in [2.45, 2.75) is 38.1 Å². The topological polar surface area (TPSA) is 12.0 Å². The van der Waals surface area contributed by atoms with E-state index in [2.05, 4.69) is 37.4 Å². The zero-order valence-corrected chi connectivity index (χ0v) is 13.0. The van der Waals surface area contributed by atoms with Crippen LogP contribution in [0.15, 0.2) is 42.5 Å². The molecule has 0 saturated carbocycles. The van der Waals surface area contributed by atoms with E-state index >= 15 is 0 Å². The lowest BCUT2D eigenvalue weighted by Gasteiger charge is -2.37. The molecule has 1 nitrogen and oxygen atoms in total. The van der Waals surface area contributed by atoms with Crippen molar-refractivity contribution in [3.63, 3.8) is 0 Å². The molecule has 21 heavy (non-hydrogen) atoms. The molecule has 0 aromatic heterocycles. The van der Waals surface area contributed by atoms with Crippen molar-refractivity contribution >= 4 is 17.3 Å². The van der Waals surface area contributed by atoms with Gasteiger partial charge >= 0.3 is 0 Å². The monoisotopic (exact) mass is 303 g/mol. The van der Waals surface area contributed by atoms with E-state index in [1.54, 1.807) is 12.1 Å². The third-order valence-electron chi connectivity index (χ3n) is 4.38. The number of halogens is 2. The lowest BCUT2D eigenvalue weighted by molar-refractivity contribution is 0.405. The van der Waals surface area contributed by atoms with E-state index in [9.17, 15) is 4.39 Å². The highest BCUT2D eigenvalue weighted by Gasteiger charge is 2.32. The Balaban J connectivity index is 1.94. The summed E-state index contributed by atoms with van der Waals surface area (Å²) in [5.41, 5.74) is 3.30. The van der Waals surface area contributed by atoms with E-state index in [0.717, 1.165) is 12.8 Å². The van der Waals surface area contributed by atoms with Crippen molar-refractivity contribution in [2.75, 3.05) is 5.32 Å². The molecule has 2 aromatic carbocycles. The zero-order chi connectivity index (χ0) is 15.0. The van der Waals surface area contributed by atoms with E-state index in [-0.39, 0.29) is 17.3 Å². The average molecular weight is 304 g/mol. The molecule has 3 rings (SSSR count). The standard InChI is InChI=1S/C18H19ClFN/c1-18(2)10-9-16(13-5-3-4-6-14(13)18)21-17-8-7-12(19)11-15(17)20/h3-8,11,16,21H,9-10H2,1-2H3. The normalized spacial score (nSPS) is 19.9. The van der Waals surface area contributed by atoms with Crippen molar-refractivity contribution in [3.05, 3.63) is 64.4 Å². The Morgan fingerprint density at radius 1 is 1.19 bits per heavy atom. The number of nitrogens with one attached hydrogen (secondary N) is 1. The second-order valence-corrected chi connectivity index (χ2v) is 6.77. The third kappa shape index (κ3) is 2.77. The quantitative estimate of drug-likeness (QED) is 0.750. The molecular weight excluding hydrogens is 285 g/mol. The van der Waals surface area contributed by atoms with E-state index in [0.29, 0.717) is 10.7 Å². The van der Waals surface area contributed by atoms with Crippen LogP contribution >= 0.6 is 11.6 Å². The van der Waals surface area contributed by atoms with E-state index in [1.165, 1.54) is 17.2 Å².